The molecule has 1 aromatic carbocycles. The Morgan fingerprint density at radius 3 is 2.81 bits per heavy atom. The summed E-state index contributed by atoms with van der Waals surface area (Å²) in [5.41, 5.74) is 2.58. The highest BCUT2D eigenvalue weighted by molar-refractivity contribution is 5.76. The Hall–Kier alpha value is -2.36. The van der Waals surface area contributed by atoms with Crippen molar-refractivity contribution < 1.29 is 14.6 Å². The van der Waals surface area contributed by atoms with E-state index in [9.17, 15) is 9.90 Å². The summed E-state index contributed by atoms with van der Waals surface area (Å²) in [5.74, 6) is -1.06. The maximum atomic E-state index is 11.7. The number of benzene rings is 1. The first kappa shape index (κ1) is 15.0. The van der Waals surface area contributed by atoms with Crippen LogP contribution in [-0.2, 0) is 11.2 Å². The molecule has 2 aromatic rings. The molecule has 4 nitrogen and oxygen atoms in total. The fourth-order valence-electron chi connectivity index (χ4n) is 2.32. The number of hydrogen-bond donors (Lipinski definition) is 1. The van der Waals surface area contributed by atoms with Crippen molar-refractivity contribution in [3.8, 4) is 5.75 Å². The topological polar surface area (TPSA) is 59.4 Å². The normalized spacial score (nSPS) is 11.9. The molecule has 0 bridgehead atoms. The fraction of sp³-hybridized carbons (Fsp3) is 0.294. The maximum absolute atomic E-state index is 11.7. The monoisotopic (exact) mass is 285 g/mol. The van der Waals surface area contributed by atoms with Gasteiger partial charge in [0.25, 0.3) is 0 Å². The van der Waals surface area contributed by atoms with Crippen LogP contribution in [0.5, 0.6) is 5.75 Å². The minimum absolute atomic E-state index is 0.397. The summed E-state index contributed by atoms with van der Waals surface area (Å²) >= 11 is 0. The molecule has 21 heavy (non-hydrogen) atoms. The van der Waals surface area contributed by atoms with Crippen LogP contribution in [0.2, 0.25) is 0 Å². The van der Waals surface area contributed by atoms with Gasteiger partial charge in [-0.05, 0) is 38.0 Å². The van der Waals surface area contributed by atoms with Crippen LogP contribution in [0.1, 0.15) is 29.7 Å². The van der Waals surface area contributed by atoms with E-state index in [4.69, 9.17) is 4.74 Å². The lowest BCUT2D eigenvalue weighted by Gasteiger charge is -2.16. The van der Waals surface area contributed by atoms with Gasteiger partial charge in [-0.25, -0.2) is 0 Å². The molecule has 0 amide bonds. The number of ether oxygens (including phenoxy) is 1. The van der Waals surface area contributed by atoms with Crippen LogP contribution >= 0.6 is 0 Å². The van der Waals surface area contributed by atoms with Crippen molar-refractivity contribution in [1.29, 1.82) is 0 Å². The molecule has 1 unspecified atom stereocenters. The van der Waals surface area contributed by atoms with Gasteiger partial charge in [-0.1, -0.05) is 29.8 Å². The molecular formula is C17H19NO3. The second-order valence-corrected chi connectivity index (χ2v) is 4.90. The molecule has 110 valence electrons. The van der Waals surface area contributed by atoms with E-state index in [-0.39, 0.29) is 0 Å². The Morgan fingerprint density at radius 2 is 2.14 bits per heavy atom. The molecule has 0 fully saturated rings. The number of nitrogens with zero attached hydrogens (tertiary/aromatic N) is 1. The van der Waals surface area contributed by atoms with Crippen LogP contribution in [0.4, 0.5) is 0 Å². The average molecular weight is 285 g/mol. The van der Waals surface area contributed by atoms with Crippen LogP contribution in [-0.4, -0.2) is 22.7 Å². The van der Waals surface area contributed by atoms with Gasteiger partial charge in [0, 0.05) is 6.20 Å². The average Bonchev–Trinajstić information content (AvgIpc) is 2.46. The summed E-state index contributed by atoms with van der Waals surface area (Å²) in [6.45, 7) is 4.34. The Balaban J connectivity index is 2.33. The number of carbonyl (C=O) groups is 1. The molecule has 0 aliphatic heterocycles. The Labute approximate surface area is 124 Å². The first-order valence-electron chi connectivity index (χ1n) is 6.98. The molecule has 1 atom stereocenters. The maximum Gasteiger partial charge on any atom is 0.313 e. The van der Waals surface area contributed by atoms with Crippen LogP contribution in [0.3, 0.4) is 0 Å². The highest BCUT2D eigenvalue weighted by Gasteiger charge is 2.25. The lowest BCUT2D eigenvalue weighted by Crippen LogP contribution is -2.17. The van der Waals surface area contributed by atoms with E-state index in [2.05, 4.69) is 4.98 Å². The zero-order chi connectivity index (χ0) is 15.2. The SMILES string of the molecule is CCOc1cccnc1C(Cc1cccc(C)c1)C(=O)O. The highest BCUT2D eigenvalue weighted by atomic mass is 16.5. The van der Waals surface area contributed by atoms with E-state index >= 15 is 0 Å². The van der Waals surface area contributed by atoms with Crippen molar-refractivity contribution in [2.24, 2.45) is 0 Å². The molecule has 1 heterocycles. The van der Waals surface area contributed by atoms with Crippen LogP contribution in [0.15, 0.2) is 42.6 Å². The summed E-state index contributed by atoms with van der Waals surface area (Å²) in [5, 5.41) is 9.55. The van der Waals surface area contributed by atoms with Gasteiger partial charge in [-0.3, -0.25) is 9.78 Å². The minimum atomic E-state index is -0.892. The molecule has 0 aliphatic carbocycles. The quantitative estimate of drug-likeness (QED) is 0.885. The van der Waals surface area contributed by atoms with Gasteiger partial charge in [0.05, 0.1) is 12.3 Å². The fourth-order valence-corrected chi connectivity index (χ4v) is 2.32. The van der Waals surface area contributed by atoms with Gasteiger partial charge in [-0.2, -0.15) is 0 Å². The molecule has 0 aliphatic rings. The second kappa shape index (κ2) is 6.88. The van der Waals surface area contributed by atoms with Gasteiger partial charge in [0.1, 0.15) is 11.7 Å². The van der Waals surface area contributed by atoms with E-state index in [0.29, 0.717) is 24.5 Å². The molecule has 0 radical (unpaired) electrons. The molecule has 0 saturated carbocycles. The van der Waals surface area contributed by atoms with E-state index in [1.807, 2.05) is 38.1 Å². The molecule has 4 heteroatoms. The van der Waals surface area contributed by atoms with Gasteiger partial charge >= 0.3 is 5.97 Å². The third kappa shape index (κ3) is 3.81. The zero-order valence-electron chi connectivity index (χ0n) is 12.2. The number of aromatic nitrogens is 1. The zero-order valence-corrected chi connectivity index (χ0v) is 12.2. The summed E-state index contributed by atoms with van der Waals surface area (Å²) in [7, 11) is 0. The Kier molecular flexibility index (Phi) is 4.93. The molecule has 0 spiro atoms. The van der Waals surface area contributed by atoms with Crippen molar-refractivity contribution in [3.05, 3.63) is 59.4 Å². The van der Waals surface area contributed by atoms with Gasteiger partial charge in [0.15, 0.2) is 0 Å². The largest absolute Gasteiger partial charge is 0.492 e. The van der Waals surface area contributed by atoms with Crippen molar-refractivity contribution in [1.82, 2.24) is 4.98 Å². The predicted octanol–water partition coefficient (Wildman–Crippen LogP) is 3.20. The predicted molar refractivity (Wildman–Crippen MR) is 80.7 cm³/mol. The van der Waals surface area contributed by atoms with Crippen LogP contribution < -0.4 is 4.74 Å². The lowest BCUT2D eigenvalue weighted by atomic mass is 9.94. The van der Waals surface area contributed by atoms with Gasteiger partial charge < -0.3 is 9.84 Å². The number of aliphatic carboxylic acids is 1. The summed E-state index contributed by atoms with van der Waals surface area (Å²) < 4.78 is 5.50. The Morgan fingerprint density at radius 1 is 1.33 bits per heavy atom. The van der Waals surface area contributed by atoms with E-state index in [1.165, 1.54) is 0 Å². The summed E-state index contributed by atoms with van der Waals surface area (Å²) in [4.78, 5) is 15.9. The van der Waals surface area contributed by atoms with Gasteiger partial charge in [-0.15, -0.1) is 0 Å². The van der Waals surface area contributed by atoms with Crippen molar-refractivity contribution >= 4 is 5.97 Å². The molecular weight excluding hydrogens is 266 g/mol. The van der Waals surface area contributed by atoms with E-state index in [1.54, 1.807) is 18.3 Å². The lowest BCUT2D eigenvalue weighted by molar-refractivity contribution is -0.138. The van der Waals surface area contributed by atoms with Crippen molar-refractivity contribution in [3.63, 3.8) is 0 Å². The third-order valence-electron chi connectivity index (χ3n) is 3.25. The minimum Gasteiger partial charge on any atom is -0.492 e. The Bertz CT molecular complexity index is 625. The summed E-state index contributed by atoms with van der Waals surface area (Å²) in [6, 6.07) is 11.4. The first-order chi connectivity index (χ1) is 10.1. The second-order valence-electron chi connectivity index (χ2n) is 4.90. The number of hydrogen-bond acceptors (Lipinski definition) is 3. The van der Waals surface area contributed by atoms with Gasteiger partial charge in [0.2, 0.25) is 0 Å². The van der Waals surface area contributed by atoms with E-state index in [0.717, 1.165) is 11.1 Å². The van der Waals surface area contributed by atoms with Crippen LogP contribution in [0, 0.1) is 6.92 Å². The van der Waals surface area contributed by atoms with Crippen LogP contribution in [0.25, 0.3) is 0 Å². The van der Waals surface area contributed by atoms with Crippen molar-refractivity contribution in [2.45, 2.75) is 26.2 Å². The third-order valence-corrected chi connectivity index (χ3v) is 3.25. The standard InChI is InChI=1S/C17H19NO3/c1-3-21-15-8-5-9-18-16(15)14(17(19)20)11-13-7-4-6-12(2)10-13/h4-10,14H,3,11H2,1-2H3,(H,19,20). The van der Waals surface area contributed by atoms with Crippen molar-refractivity contribution in [2.75, 3.05) is 6.61 Å². The number of pyridine rings is 1. The molecule has 0 saturated heterocycles. The number of rotatable bonds is 6. The van der Waals surface area contributed by atoms with E-state index < -0.39 is 11.9 Å². The number of aryl methyl sites for hydroxylation is 1. The number of carboxylic acid groups (broad SMARTS) is 1. The number of carboxylic acids is 1. The summed E-state index contributed by atoms with van der Waals surface area (Å²) in [6.07, 6.45) is 2.00. The molecule has 2 rings (SSSR count). The molecule has 1 aromatic heterocycles. The highest BCUT2D eigenvalue weighted by Crippen LogP contribution is 2.28. The molecule has 1 N–H and O–H groups in total. The smallest absolute Gasteiger partial charge is 0.313 e. The first-order valence-corrected chi connectivity index (χ1v) is 6.98.